The van der Waals surface area contributed by atoms with Gasteiger partial charge >= 0.3 is 0 Å². The molecule has 5 heteroatoms. The fraction of sp³-hybridized carbons (Fsp3) is 0. The molecule has 0 aromatic carbocycles. The van der Waals surface area contributed by atoms with Crippen molar-refractivity contribution in [2.24, 2.45) is 0 Å². The summed E-state index contributed by atoms with van der Waals surface area (Å²) in [6.07, 6.45) is 3.32. The molecular formula is C7H4N3OS-. The maximum absolute atomic E-state index is 5.02. The van der Waals surface area contributed by atoms with Crippen molar-refractivity contribution in [3.63, 3.8) is 0 Å². The van der Waals surface area contributed by atoms with Crippen LogP contribution in [0.2, 0.25) is 0 Å². The molecule has 2 rings (SSSR count). The Bertz CT molecular complexity index is 373. The van der Waals surface area contributed by atoms with E-state index < -0.39 is 0 Å². The molecule has 2 aromatic rings. The zero-order chi connectivity index (χ0) is 8.39. The van der Waals surface area contributed by atoms with Crippen molar-refractivity contribution >= 4 is 12.6 Å². The molecule has 60 valence electrons. The van der Waals surface area contributed by atoms with Gasteiger partial charge in [-0.25, -0.2) is 0 Å². The zero-order valence-electron chi connectivity index (χ0n) is 5.97. The van der Waals surface area contributed by atoms with Crippen molar-refractivity contribution in [2.45, 2.75) is 5.22 Å². The zero-order valence-corrected chi connectivity index (χ0v) is 6.78. The second-order valence-corrected chi connectivity index (χ2v) is 2.46. The number of nitrogens with zero attached hydrogens (tertiary/aromatic N) is 3. The van der Waals surface area contributed by atoms with Crippen molar-refractivity contribution in [1.29, 1.82) is 0 Å². The smallest absolute Gasteiger partial charge is 0.247 e. The lowest BCUT2D eigenvalue weighted by Gasteiger charge is -1.92. The summed E-state index contributed by atoms with van der Waals surface area (Å²) in [7, 11) is 0. The van der Waals surface area contributed by atoms with Gasteiger partial charge in [0.1, 0.15) is 0 Å². The average Bonchev–Trinajstić information content (AvgIpc) is 2.54. The number of aromatic nitrogens is 3. The number of hydrogen-bond donors (Lipinski definition) is 0. The van der Waals surface area contributed by atoms with Crippen LogP contribution in [0.1, 0.15) is 0 Å². The first-order valence-electron chi connectivity index (χ1n) is 3.27. The van der Waals surface area contributed by atoms with Crippen molar-refractivity contribution < 1.29 is 4.42 Å². The fourth-order valence-corrected chi connectivity index (χ4v) is 0.935. The van der Waals surface area contributed by atoms with Crippen LogP contribution in [0.5, 0.6) is 0 Å². The summed E-state index contributed by atoms with van der Waals surface area (Å²) in [5, 5.41) is 7.44. The molecular weight excluding hydrogens is 174 g/mol. The van der Waals surface area contributed by atoms with Gasteiger partial charge in [0.05, 0.1) is 10.8 Å². The van der Waals surface area contributed by atoms with Crippen molar-refractivity contribution in [2.75, 3.05) is 0 Å². The molecule has 0 spiro atoms. The number of hydrogen-bond acceptors (Lipinski definition) is 5. The Morgan fingerprint density at radius 2 is 2.25 bits per heavy atom. The number of rotatable bonds is 1. The van der Waals surface area contributed by atoms with E-state index in [1.165, 1.54) is 0 Å². The lowest BCUT2D eigenvalue weighted by atomic mass is 10.3. The third kappa shape index (κ3) is 1.26. The maximum Gasteiger partial charge on any atom is 0.247 e. The fourth-order valence-electron chi connectivity index (χ4n) is 0.816. The molecule has 0 unspecified atom stereocenters. The van der Waals surface area contributed by atoms with E-state index in [9.17, 15) is 0 Å². The molecule has 0 saturated heterocycles. The lowest BCUT2D eigenvalue weighted by Crippen LogP contribution is -1.77. The topological polar surface area (TPSA) is 51.8 Å². The van der Waals surface area contributed by atoms with E-state index in [0.29, 0.717) is 5.89 Å². The summed E-state index contributed by atoms with van der Waals surface area (Å²) in [4.78, 5) is 3.91. The minimum Gasteiger partial charge on any atom is -0.719 e. The summed E-state index contributed by atoms with van der Waals surface area (Å²) in [5.74, 6) is 0.410. The molecule has 0 aliphatic rings. The third-order valence-electron chi connectivity index (χ3n) is 1.31. The highest BCUT2D eigenvalue weighted by molar-refractivity contribution is 7.58. The van der Waals surface area contributed by atoms with Crippen LogP contribution < -0.4 is 0 Å². The van der Waals surface area contributed by atoms with E-state index in [1.54, 1.807) is 18.5 Å². The van der Waals surface area contributed by atoms with Crippen LogP contribution in [-0.4, -0.2) is 15.2 Å². The SMILES string of the molecule is [S-]c1nnc(-c2cccnc2)o1. The van der Waals surface area contributed by atoms with Crippen molar-refractivity contribution in [1.82, 2.24) is 15.2 Å². The Balaban J connectivity index is 2.45. The van der Waals surface area contributed by atoms with Gasteiger partial charge in [-0.1, -0.05) is 0 Å². The average molecular weight is 178 g/mol. The molecule has 0 bridgehead atoms. The van der Waals surface area contributed by atoms with E-state index in [-0.39, 0.29) is 5.22 Å². The molecule has 2 heterocycles. The van der Waals surface area contributed by atoms with Crippen LogP contribution in [0, 0.1) is 0 Å². The van der Waals surface area contributed by atoms with E-state index in [0.717, 1.165) is 5.56 Å². The quantitative estimate of drug-likeness (QED) is 0.610. The first kappa shape index (κ1) is 7.17. The second kappa shape index (κ2) is 2.86. The number of pyridine rings is 1. The largest absolute Gasteiger partial charge is 0.719 e. The Labute approximate surface area is 74.1 Å². The molecule has 0 aliphatic carbocycles. The Morgan fingerprint density at radius 3 is 2.83 bits per heavy atom. The van der Waals surface area contributed by atoms with Crippen LogP contribution in [0.3, 0.4) is 0 Å². The van der Waals surface area contributed by atoms with Gasteiger partial charge in [-0.05, 0) is 12.1 Å². The molecule has 12 heavy (non-hydrogen) atoms. The Morgan fingerprint density at radius 1 is 1.33 bits per heavy atom. The Kier molecular flexibility index (Phi) is 1.71. The molecule has 0 fully saturated rings. The van der Waals surface area contributed by atoms with Crippen molar-refractivity contribution in [3.05, 3.63) is 24.5 Å². The van der Waals surface area contributed by atoms with E-state index in [1.807, 2.05) is 6.07 Å². The Hall–Kier alpha value is -1.49. The highest BCUT2D eigenvalue weighted by Crippen LogP contribution is 2.14. The monoisotopic (exact) mass is 178 g/mol. The molecule has 0 radical (unpaired) electrons. The minimum absolute atomic E-state index is 0.147. The highest BCUT2D eigenvalue weighted by Gasteiger charge is 2.01. The van der Waals surface area contributed by atoms with Crippen LogP contribution in [0.15, 0.2) is 34.2 Å². The summed E-state index contributed by atoms with van der Waals surface area (Å²) >= 11 is 4.67. The maximum atomic E-state index is 5.02. The van der Waals surface area contributed by atoms with E-state index in [2.05, 4.69) is 27.8 Å². The van der Waals surface area contributed by atoms with E-state index in [4.69, 9.17) is 4.42 Å². The second-order valence-electron chi connectivity index (χ2n) is 2.11. The lowest BCUT2D eigenvalue weighted by molar-refractivity contribution is 0.467. The van der Waals surface area contributed by atoms with Crippen LogP contribution in [0.25, 0.3) is 11.5 Å². The summed E-state index contributed by atoms with van der Waals surface area (Å²) in [5.41, 5.74) is 0.779. The predicted molar refractivity (Wildman–Crippen MR) is 43.2 cm³/mol. The molecule has 0 N–H and O–H groups in total. The van der Waals surface area contributed by atoms with Gasteiger partial charge in [0.15, 0.2) is 0 Å². The summed E-state index contributed by atoms with van der Waals surface area (Å²) in [6.45, 7) is 0. The molecule has 2 aromatic heterocycles. The molecule has 4 nitrogen and oxygen atoms in total. The van der Waals surface area contributed by atoms with Gasteiger partial charge in [-0.3, -0.25) is 4.98 Å². The van der Waals surface area contributed by atoms with Gasteiger partial charge < -0.3 is 17.0 Å². The van der Waals surface area contributed by atoms with Gasteiger partial charge in [-0.2, -0.15) is 0 Å². The normalized spacial score (nSPS) is 10.0. The molecule has 0 atom stereocenters. The van der Waals surface area contributed by atoms with Crippen LogP contribution >= 0.6 is 0 Å². The van der Waals surface area contributed by atoms with Gasteiger partial charge in [0, 0.05) is 12.4 Å². The molecule has 0 saturated carbocycles. The van der Waals surface area contributed by atoms with Crippen LogP contribution in [-0.2, 0) is 12.6 Å². The van der Waals surface area contributed by atoms with Gasteiger partial charge in [0.2, 0.25) is 5.89 Å². The van der Waals surface area contributed by atoms with Gasteiger partial charge in [0.25, 0.3) is 0 Å². The molecule has 0 amide bonds. The van der Waals surface area contributed by atoms with Crippen molar-refractivity contribution in [3.8, 4) is 11.5 Å². The van der Waals surface area contributed by atoms with Crippen LogP contribution in [0.4, 0.5) is 0 Å². The predicted octanol–water partition coefficient (Wildman–Crippen LogP) is 1.04. The summed E-state index contributed by atoms with van der Waals surface area (Å²) < 4.78 is 5.02. The first-order valence-corrected chi connectivity index (χ1v) is 3.68. The minimum atomic E-state index is 0.147. The third-order valence-corrected chi connectivity index (χ3v) is 1.48. The summed E-state index contributed by atoms with van der Waals surface area (Å²) in [6, 6.07) is 3.62. The first-order chi connectivity index (χ1) is 5.86. The van der Waals surface area contributed by atoms with E-state index >= 15 is 0 Å². The molecule has 0 aliphatic heterocycles. The highest BCUT2D eigenvalue weighted by atomic mass is 32.1. The standard InChI is InChI=1S/C7H5N3OS/c12-7-10-9-6(11-7)5-2-1-3-8-4-5/h1-4H,(H,10,12)/p-1. The van der Waals surface area contributed by atoms with Gasteiger partial charge in [-0.15, -0.1) is 10.2 Å².